The standard InChI is InChI=1S/C19H17N5O5/c1-3-24-13-7-6-11(9-12(13)21-17(26)19(24)27)15-22-18(29-23-15)10(2)20-16(25)14-5-4-8-28-14/h4-10H,3H2,1-2H3,(H,20,25)(H,21,26). The van der Waals surface area contributed by atoms with Gasteiger partial charge in [0.15, 0.2) is 5.76 Å². The normalized spacial score (nSPS) is 12.2. The second kappa shape index (κ2) is 7.23. The van der Waals surface area contributed by atoms with Crippen molar-refractivity contribution in [3.8, 4) is 11.4 Å². The third-order valence-corrected chi connectivity index (χ3v) is 4.45. The Labute approximate surface area is 163 Å². The van der Waals surface area contributed by atoms with Crippen molar-refractivity contribution >= 4 is 16.9 Å². The van der Waals surface area contributed by atoms with E-state index in [1.165, 1.54) is 10.8 Å². The van der Waals surface area contributed by atoms with Gasteiger partial charge in [-0.2, -0.15) is 4.98 Å². The number of fused-ring (bicyclic) bond motifs is 1. The molecule has 0 saturated heterocycles. The van der Waals surface area contributed by atoms with Crippen LogP contribution in [0.1, 0.15) is 36.3 Å². The van der Waals surface area contributed by atoms with Crippen molar-refractivity contribution in [1.29, 1.82) is 0 Å². The maximum atomic E-state index is 12.1. The highest BCUT2D eigenvalue weighted by atomic mass is 16.5. The van der Waals surface area contributed by atoms with Crippen LogP contribution in [0.15, 0.2) is 55.1 Å². The topological polar surface area (TPSA) is 136 Å². The summed E-state index contributed by atoms with van der Waals surface area (Å²) in [7, 11) is 0. The Morgan fingerprint density at radius 1 is 1.31 bits per heavy atom. The van der Waals surface area contributed by atoms with Gasteiger partial charge in [0.05, 0.1) is 17.3 Å². The number of carbonyl (C=O) groups is 1. The smallest absolute Gasteiger partial charge is 0.316 e. The van der Waals surface area contributed by atoms with E-state index < -0.39 is 23.1 Å². The first-order chi connectivity index (χ1) is 14.0. The average molecular weight is 395 g/mol. The highest BCUT2D eigenvalue weighted by Crippen LogP contribution is 2.22. The Bertz CT molecular complexity index is 1300. The van der Waals surface area contributed by atoms with Gasteiger partial charge in [-0.05, 0) is 44.2 Å². The van der Waals surface area contributed by atoms with Crippen LogP contribution in [-0.4, -0.2) is 25.6 Å². The fourth-order valence-corrected chi connectivity index (χ4v) is 3.00. The molecular formula is C19H17N5O5. The first-order valence-corrected chi connectivity index (χ1v) is 8.93. The van der Waals surface area contributed by atoms with Gasteiger partial charge >= 0.3 is 11.1 Å². The van der Waals surface area contributed by atoms with E-state index in [9.17, 15) is 14.4 Å². The monoisotopic (exact) mass is 395 g/mol. The third kappa shape index (κ3) is 3.35. The number of nitrogens with one attached hydrogen (secondary N) is 2. The quantitative estimate of drug-likeness (QED) is 0.492. The minimum absolute atomic E-state index is 0.178. The van der Waals surface area contributed by atoms with E-state index in [-0.39, 0.29) is 17.5 Å². The summed E-state index contributed by atoms with van der Waals surface area (Å²) in [5, 5.41) is 6.65. The predicted molar refractivity (Wildman–Crippen MR) is 102 cm³/mol. The molecule has 1 aromatic carbocycles. The van der Waals surface area contributed by atoms with Crippen LogP contribution in [0, 0.1) is 0 Å². The van der Waals surface area contributed by atoms with Gasteiger partial charge in [0.25, 0.3) is 5.91 Å². The number of aryl methyl sites for hydroxylation is 1. The van der Waals surface area contributed by atoms with Crippen LogP contribution >= 0.6 is 0 Å². The molecule has 0 bridgehead atoms. The van der Waals surface area contributed by atoms with Crippen LogP contribution in [-0.2, 0) is 6.54 Å². The number of benzene rings is 1. The number of aromatic amines is 1. The summed E-state index contributed by atoms with van der Waals surface area (Å²) in [4.78, 5) is 42.8. The Hall–Kier alpha value is -3.95. The zero-order valence-corrected chi connectivity index (χ0v) is 15.6. The van der Waals surface area contributed by atoms with Gasteiger partial charge in [-0.15, -0.1) is 0 Å². The number of carbonyl (C=O) groups excluding carboxylic acids is 1. The largest absolute Gasteiger partial charge is 0.459 e. The molecule has 10 heteroatoms. The number of furan rings is 1. The van der Waals surface area contributed by atoms with Crippen LogP contribution in [0.4, 0.5) is 0 Å². The summed E-state index contributed by atoms with van der Waals surface area (Å²) in [6.07, 6.45) is 1.41. The first-order valence-electron chi connectivity index (χ1n) is 8.93. The number of amides is 1. The van der Waals surface area contributed by atoms with Crippen LogP contribution < -0.4 is 16.4 Å². The van der Waals surface area contributed by atoms with E-state index in [1.807, 2.05) is 0 Å². The van der Waals surface area contributed by atoms with Gasteiger partial charge in [-0.25, -0.2) is 0 Å². The minimum Gasteiger partial charge on any atom is -0.459 e. The average Bonchev–Trinajstić information content (AvgIpc) is 3.41. The number of H-pyrrole nitrogens is 1. The van der Waals surface area contributed by atoms with E-state index in [1.54, 1.807) is 44.2 Å². The molecule has 0 saturated carbocycles. The summed E-state index contributed by atoms with van der Waals surface area (Å²) >= 11 is 0. The molecule has 0 aliphatic heterocycles. The van der Waals surface area contributed by atoms with Gasteiger partial charge in [-0.3, -0.25) is 14.4 Å². The molecule has 1 unspecified atom stereocenters. The second-order valence-electron chi connectivity index (χ2n) is 6.36. The molecule has 10 nitrogen and oxygen atoms in total. The van der Waals surface area contributed by atoms with Crippen molar-refractivity contribution < 1.29 is 13.7 Å². The SMILES string of the molecule is CCn1c(=O)c(=O)[nH]c2cc(-c3noc(C(C)NC(=O)c4ccco4)n3)ccc21. The fraction of sp³-hybridized carbons (Fsp3) is 0.211. The second-order valence-corrected chi connectivity index (χ2v) is 6.36. The summed E-state index contributed by atoms with van der Waals surface area (Å²) in [5.74, 6) is 0.281. The van der Waals surface area contributed by atoms with E-state index >= 15 is 0 Å². The Kier molecular flexibility index (Phi) is 4.59. The number of nitrogens with zero attached hydrogens (tertiary/aromatic N) is 3. The van der Waals surface area contributed by atoms with Crippen molar-refractivity contribution in [3.63, 3.8) is 0 Å². The van der Waals surface area contributed by atoms with Crippen LogP contribution in [0.3, 0.4) is 0 Å². The van der Waals surface area contributed by atoms with Crippen molar-refractivity contribution in [1.82, 2.24) is 25.0 Å². The fourth-order valence-electron chi connectivity index (χ4n) is 3.00. The molecular weight excluding hydrogens is 378 g/mol. The Morgan fingerprint density at radius 2 is 2.14 bits per heavy atom. The third-order valence-electron chi connectivity index (χ3n) is 4.45. The van der Waals surface area contributed by atoms with Crippen molar-refractivity contribution in [2.75, 3.05) is 0 Å². The Balaban J connectivity index is 1.63. The van der Waals surface area contributed by atoms with Gasteiger partial charge < -0.3 is 23.8 Å². The first kappa shape index (κ1) is 18.4. The van der Waals surface area contributed by atoms with Crippen LogP contribution in [0.5, 0.6) is 0 Å². The number of aromatic nitrogens is 4. The molecule has 0 spiro atoms. The lowest BCUT2D eigenvalue weighted by Gasteiger charge is -2.08. The number of hydrogen-bond donors (Lipinski definition) is 2. The molecule has 3 aromatic heterocycles. The van der Waals surface area contributed by atoms with Crippen LogP contribution in [0.2, 0.25) is 0 Å². The molecule has 4 aromatic rings. The van der Waals surface area contributed by atoms with Gasteiger partial charge in [0, 0.05) is 12.1 Å². The lowest BCUT2D eigenvalue weighted by atomic mass is 10.2. The lowest BCUT2D eigenvalue weighted by molar-refractivity contribution is 0.0904. The van der Waals surface area contributed by atoms with Gasteiger partial charge in [0.1, 0.15) is 6.04 Å². The Morgan fingerprint density at radius 3 is 2.86 bits per heavy atom. The van der Waals surface area contributed by atoms with E-state index in [0.29, 0.717) is 23.1 Å². The van der Waals surface area contributed by atoms with E-state index in [0.717, 1.165) is 0 Å². The zero-order valence-electron chi connectivity index (χ0n) is 15.6. The maximum Gasteiger partial charge on any atom is 0.316 e. The maximum absolute atomic E-state index is 12.1. The van der Waals surface area contributed by atoms with E-state index in [4.69, 9.17) is 8.94 Å². The van der Waals surface area contributed by atoms with Gasteiger partial charge in [-0.1, -0.05) is 5.16 Å². The highest BCUT2D eigenvalue weighted by molar-refractivity contribution is 5.91. The molecule has 1 atom stereocenters. The molecule has 4 rings (SSSR count). The summed E-state index contributed by atoms with van der Waals surface area (Å²) < 4.78 is 11.7. The molecule has 2 N–H and O–H groups in total. The molecule has 0 aliphatic rings. The predicted octanol–water partition coefficient (Wildman–Crippen LogP) is 1.84. The van der Waals surface area contributed by atoms with Crippen molar-refractivity contribution in [2.24, 2.45) is 0 Å². The molecule has 148 valence electrons. The molecule has 0 aliphatic carbocycles. The summed E-state index contributed by atoms with van der Waals surface area (Å²) in [5.41, 5.74) is 0.382. The van der Waals surface area contributed by atoms with E-state index in [2.05, 4.69) is 20.4 Å². The van der Waals surface area contributed by atoms with Crippen LogP contribution in [0.25, 0.3) is 22.4 Å². The molecule has 29 heavy (non-hydrogen) atoms. The zero-order chi connectivity index (χ0) is 20.5. The van der Waals surface area contributed by atoms with Crippen molar-refractivity contribution in [2.45, 2.75) is 26.4 Å². The van der Waals surface area contributed by atoms with Gasteiger partial charge in [0.2, 0.25) is 11.7 Å². The molecule has 0 radical (unpaired) electrons. The number of rotatable bonds is 5. The van der Waals surface area contributed by atoms with Crippen molar-refractivity contribution in [3.05, 3.63) is 69.0 Å². The molecule has 0 fully saturated rings. The minimum atomic E-state index is -0.695. The molecule has 1 amide bonds. The number of hydrogen-bond acceptors (Lipinski definition) is 7. The summed E-state index contributed by atoms with van der Waals surface area (Å²) in [6, 6.07) is 7.73. The summed E-state index contributed by atoms with van der Waals surface area (Å²) in [6.45, 7) is 3.87. The molecule has 3 heterocycles. The highest BCUT2D eigenvalue weighted by Gasteiger charge is 2.19. The lowest BCUT2D eigenvalue weighted by Crippen LogP contribution is -2.35.